The molecular weight excluding hydrogens is 325 g/mol. The third kappa shape index (κ3) is 4.37. The zero-order valence-electron chi connectivity index (χ0n) is 12.6. The first-order valence-electron chi connectivity index (χ1n) is 7.36. The van der Waals surface area contributed by atoms with Gasteiger partial charge in [-0.2, -0.15) is 0 Å². The van der Waals surface area contributed by atoms with Crippen LogP contribution in [-0.4, -0.2) is 36.0 Å². The van der Waals surface area contributed by atoms with Crippen molar-refractivity contribution in [1.82, 2.24) is 4.90 Å². The van der Waals surface area contributed by atoms with E-state index in [1.165, 1.54) is 0 Å². The summed E-state index contributed by atoms with van der Waals surface area (Å²) >= 11 is 11.9. The number of rotatable bonds is 6. The molecular formula is C16H19Cl2NO3. The summed E-state index contributed by atoms with van der Waals surface area (Å²) in [5.74, 6) is -0.799. The Kier molecular flexibility index (Phi) is 5.70. The van der Waals surface area contributed by atoms with Crippen molar-refractivity contribution in [3.8, 4) is 0 Å². The van der Waals surface area contributed by atoms with Crippen LogP contribution in [-0.2, 0) is 9.53 Å². The zero-order valence-corrected chi connectivity index (χ0v) is 14.2. The maximum atomic E-state index is 12.7. The lowest BCUT2D eigenvalue weighted by Gasteiger charge is -2.25. The van der Waals surface area contributed by atoms with Crippen LogP contribution in [0.1, 0.15) is 37.0 Å². The number of halogens is 2. The van der Waals surface area contributed by atoms with Gasteiger partial charge in [0.25, 0.3) is 5.91 Å². The molecule has 0 N–H and O–H groups in total. The Morgan fingerprint density at radius 2 is 1.86 bits per heavy atom. The fourth-order valence-electron chi connectivity index (χ4n) is 2.28. The van der Waals surface area contributed by atoms with E-state index in [0.717, 1.165) is 12.8 Å². The van der Waals surface area contributed by atoms with Gasteiger partial charge in [-0.3, -0.25) is 9.59 Å². The van der Waals surface area contributed by atoms with Gasteiger partial charge in [0.05, 0.1) is 12.5 Å². The van der Waals surface area contributed by atoms with Crippen LogP contribution in [0.15, 0.2) is 18.2 Å². The summed E-state index contributed by atoms with van der Waals surface area (Å²) in [5, 5.41) is 0.843. The van der Waals surface area contributed by atoms with E-state index in [2.05, 4.69) is 0 Å². The monoisotopic (exact) mass is 343 g/mol. The van der Waals surface area contributed by atoms with Crippen molar-refractivity contribution >= 4 is 35.1 Å². The number of carbonyl (C=O) groups excluding carboxylic acids is 2. The average molecular weight is 344 g/mol. The molecule has 0 heterocycles. The second kappa shape index (κ2) is 7.34. The van der Waals surface area contributed by atoms with Crippen molar-refractivity contribution in [3.63, 3.8) is 0 Å². The maximum absolute atomic E-state index is 12.7. The molecule has 1 aromatic carbocycles. The van der Waals surface area contributed by atoms with Gasteiger partial charge in [0, 0.05) is 28.2 Å². The predicted octanol–water partition coefficient (Wildman–Crippen LogP) is 3.80. The maximum Gasteiger partial charge on any atom is 0.310 e. The molecule has 1 fully saturated rings. The van der Waals surface area contributed by atoms with Crippen molar-refractivity contribution in [2.75, 3.05) is 13.2 Å². The van der Waals surface area contributed by atoms with Crippen LogP contribution in [0.25, 0.3) is 0 Å². The minimum absolute atomic E-state index is 0.150. The number of hydrogen-bond donors (Lipinski definition) is 0. The number of benzene rings is 1. The average Bonchev–Trinajstić information content (AvgIpc) is 3.27. The Bertz CT molecular complexity index is 552. The molecule has 1 unspecified atom stereocenters. The Balaban J connectivity index is 2.13. The van der Waals surface area contributed by atoms with Crippen molar-refractivity contribution in [2.45, 2.75) is 32.7 Å². The molecule has 2 rings (SSSR count). The molecule has 22 heavy (non-hydrogen) atoms. The molecule has 6 heteroatoms. The number of hydrogen-bond acceptors (Lipinski definition) is 3. The molecule has 120 valence electrons. The highest BCUT2D eigenvalue weighted by Gasteiger charge is 2.35. The Hall–Kier alpha value is -1.26. The normalized spacial score (nSPS) is 15.3. The molecule has 1 atom stereocenters. The lowest BCUT2D eigenvalue weighted by Crippen LogP contribution is -2.39. The van der Waals surface area contributed by atoms with Crippen molar-refractivity contribution in [1.29, 1.82) is 0 Å². The summed E-state index contributed by atoms with van der Waals surface area (Å²) in [6, 6.07) is 4.96. The SMILES string of the molecule is CCOC(=O)C(C)CN(C(=O)c1cc(Cl)cc(Cl)c1)C1CC1. The van der Waals surface area contributed by atoms with Gasteiger partial charge in [0.15, 0.2) is 0 Å². The third-order valence-electron chi connectivity index (χ3n) is 3.52. The lowest BCUT2D eigenvalue weighted by atomic mass is 10.1. The predicted molar refractivity (Wildman–Crippen MR) is 86.3 cm³/mol. The van der Waals surface area contributed by atoms with Gasteiger partial charge in [-0.05, 0) is 38.0 Å². The fourth-order valence-corrected chi connectivity index (χ4v) is 2.81. The third-order valence-corrected chi connectivity index (χ3v) is 3.95. The molecule has 0 aliphatic heterocycles. The number of carbonyl (C=O) groups is 2. The quantitative estimate of drug-likeness (QED) is 0.738. The molecule has 1 aromatic rings. The first-order chi connectivity index (χ1) is 10.4. The van der Waals surface area contributed by atoms with Gasteiger partial charge < -0.3 is 9.64 Å². The van der Waals surface area contributed by atoms with E-state index in [1.54, 1.807) is 36.9 Å². The molecule has 4 nitrogen and oxygen atoms in total. The van der Waals surface area contributed by atoms with Gasteiger partial charge >= 0.3 is 5.97 Å². The van der Waals surface area contributed by atoms with Gasteiger partial charge in [0.1, 0.15) is 0 Å². The summed E-state index contributed by atoms with van der Waals surface area (Å²) in [5.41, 5.74) is 0.445. The van der Waals surface area contributed by atoms with E-state index in [1.807, 2.05) is 0 Å². The van der Waals surface area contributed by atoms with E-state index in [0.29, 0.717) is 28.8 Å². The smallest absolute Gasteiger partial charge is 0.310 e. The summed E-state index contributed by atoms with van der Waals surface area (Å²) in [6.45, 7) is 4.21. The van der Waals surface area contributed by atoms with E-state index in [-0.39, 0.29) is 23.8 Å². The van der Waals surface area contributed by atoms with Crippen molar-refractivity contribution in [2.24, 2.45) is 5.92 Å². The van der Waals surface area contributed by atoms with Crippen LogP contribution in [0, 0.1) is 5.92 Å². The van der Waals surface area contributed by atoms with Crippen LogP contribution >= 0.6 is 23.2 Å². The number of amides is 1. The van der Waals surface area contributed by atoms with Gasteiger partial charge in [0.2, 0.25) is 0 Å². The van der Waals surface area contributed by atoms with Gasteiger partial charge in [-0.15, -0.1) is 0 Å². The zero-order chi connectivity index (χ0) is 16.3. The molecule has 1 aliphatic carbocycles. The second-order valence-electron chi connectivity index (χ2n) is 5.50. The highest BCUT2D eigenvalue weighted by Crippen LogP contribution is 2.30. The number of nitrogens with zero attached hydrogens (tertiary/aromatic N) is 1. The Morgan fingerprint density at radius 1 is 1.27 bits per heavy atom. The molecule has 0 spiro atoms. The number of esters is 1. The highest BCUT2D eigenvalue weighted by atomic mass is 35.5. The first-order valence-corrected chi connectivity index (χ1v) is 8.11. The fraction of sp³-hybridized carbons (Fsp3) is 0.500. The van der Waals surface area contributed by atoms with E-state index in [4.69, 9.17) is 27.9 Å². The highest BCUT2D eigenvalue weighted by molar-refractivity contribution is 6.35. The Morgan fingerprint density at radius 3 is 2.36 bits per heavy atom. The summed E-state index contributed by atoms with van der Waals surface area (Å²) in [6.07, 6.45) is 1.91. The summed E-state index contributed by atoms with van der Waals surface area (Å²) in [7, 11) is 0. The molecule has 0 radical (unpaired) electrons. The van der Waals surface area contributed by atoms with E-state index >= 15 is 0 Å². The van der Waals surface area contributed by atoms with Gasteiger partial charge in [-0.25, -0.2) is 0 Å². The van der Waals surface area contributed by atoms with Crippen LogP contribution in [0.4, 0.5) is 0 Å². The topological polar surface area (TPSA) is 46.6 Å². The standard InChI is InChI=1S/C16H19Cl2NO3/c1-3-22-16(21)10(2)9-19(14-4-5-14)15(20)11-6-12(17)8-13(18)7-11/h6-8,10,14H,3-5,9H2,1-2H3. The molecule has 1 amide bonds. The molecule has 1 aliphatic rings. The second-order valence-corrected chi connectivity index (χ2v) is 6.37. The minimum atomic E-state index is -0.362. The van der Waals surface area contributed by atoms with Crippen LogP contribution in [0.2, 0.25) is 10.0 Å². The minimum Gasteiger partial charge on any atom is -0.466 e. The van der Waals surface area contributed by atoms with Gasteiger partial charge in [-0.1, -0.05) is 30.1 Å². The molecule has 0 saturated heterocycles. The first kappa shape index (κ1) is 17.1. The van der Waals surface area contributed by atoms with Crippen LogP contribution in [0.5, 0.6) is 0 Å². The van der Waals surface area contributed by atoms with Crippen molar-refractivity contribution < 1.29 is 14.3 Å². The van der Waals surface area contributed by atoms with Crippen LogP contribution < -0.4 is 0 Å². The molecule has 0 bridgehead atoms. The van der Waals surface area contributed by atoms with Crippen LogP contribution in [0.3, 0.4) is 0 Å². The lowest BCUT2D eigenvalue weighted by molar-refractivity contribution is -0.147. The van der Waals surface area contributed by atoms with E-state index < -0.39 is 0 Å². The molecule has 1 saturated carbocycles. The van der Waals surface area contributed by atoms with Crippen molar-refractivity contribution in [3.05, 3.63) is 33.8 Å². The Labute approximate surface area is 140 Å². The summed E-state index contributed by atoms with van der Waals surface area (Å²) in [4.78, 5) is 26.2. The van der Waals surface area contributed by atoms with E-state index in [9.17, 15) is 9.59 Å². The number of ether oxygens (including phenoxy) is 1. The molecule has 0 aromatic heterocycles. The summed E-state index contributed by atoms with van der Waals surface area (Å²) < 4.78 is 5.01. The largest absolute Gasteiger partial charge is 0.466 e.